The second-order valence-electron chi connectivity index (χ2n) is 5.46. The van der Waals surface area contributed by atoms with Crippen molar-refractivity contribution in [3.05, 3.63) is 35.4 Å². The summed E-state index contributed by atoms with van der Waals surface area (Å²) in [7, 11) is 2.20. The molecule has 3 N–H and O–H groups in total. The van der Waals surface area contributed by atoms with E-state index in [1.165, 1.54) is 12.0 Å². The Kier molecular flexibility index (Phi) is 4.98. The van der Waals surface area contributed by atoms with Gasteiger partial charge in [0, 0.05) is 37.8 Å². The number of benzene rings is 1. The molecule has 1 saturated heterocycles. The molecule has 0 spiro atoms. The molecule has 110 valence electrons. The van der Waals surface area contributed by atoms with Crippen molar-refractivity contribution in [3.63, 3.8) is 0 Å². The highest BCUT2D eigenvalue weighted by Gasteiger charge is 2.22. The quantitative estimate of drug-likeness (QED) is 0.377. The highest BCUT2D eigenvalue weighted by Crippen LogP contribution is 2.14. The van der Waals surface area contributed by atoms with Crippen molar-refractivity contribution in [3.8, 4) is 0 Å². The zero-order valence-corrected chi connectivity index (χ0v) is 12.3. The third-order valence-electron chi connectivity index (χ3n) is 4.07. The Hall–Kier alpha value is -1.59. The van der Waals surface area contributed by atoms with Crippen LogP contribution in [0.3, 0.4) is 0 Å². The second kappa shape index (κ2) is 6.72. The summed E-state index contributed by atoms with van der Waals surface area (Å²) >= 11 is 0. The zero-order chi connectivity index (χ0) is 14.5. The Morgan fingerprint density at radius 2 is 2.25 bits per heavy atom. The van der Waals surface area contributed by atoms with Gasteiger partial charge in [0.05, 0.1) is 0 Å². The lowest BCUT2D eigenvalue weighted by atomic mass is 10.1. The SMILES string of the molecule is CCC1CN(Cc2cccc(C(N)=NO)c2)CCN1C. The minimum atomic E-state index is 0.164. The normalized spacial score (nSPS) is 22.1. The fraction of sp³-hybridized carbons (Fsp3) is 0.533. The number of likely N-dealkylation sites (N-methyl/N-ethyl adjacent to an activating group) is 1. The van der Waals surface area contributed by atoms with Gasteiger partial charge in [-0.3, -0.25) is 4.90 Å². The van der Waals surface area contributed by atoms with E-state index in [2.05, 4.69) is 35.0 Å². The van der Waals surface area contributed by atoms with E-state index < -0.39 is 0 Å². The molecule has 0 saturated carbocycles. The van der Waals surface area contributed by atoms with Crippen LogP contribution in [0.5, 0.6) is 0 Å². The molecule has 1 heterocycles. The molecule has 0 aromatic heterocycles. The Labute approximate surface area is 120 Å². The minimum Gasteiger partial charge on any atom is -0.409 e. The molecule has 1 aliphatic heterocycles. The van der Waals surface area contributed by atoms with Crippen LogP contribution in [0.2, 0.25) is 0 Å². The van der Waals surface area contributed by atoms with E-state index in [1.54, 1.807) is 0 Å². The van der Waals surface area contributed by atoms with Gasteiger partial charge in [-0.2, -0.15) is 0 Å². The topological polar surface area (TPSA) is 65.1 Å². The van der Waals surface area contributed by atoms with Gasteiger partial charge in [-0.1, -0.05) is 30.3 Å². The largest absolute Gasteiger partial charge is 0.409 e. The van der Waals surface area contributed by atoms with Crippen molar-refractivity contribution in [2.75, 3.05) is 26.7 Å². The van der Waals surface area contributed by atoms with Gasteiger partial charge in [0.1, 0.15) is 0 Å². The van der Waals surface area contributed by atoms with Crippen LogP contribution in [0.25, 0.3) is 0 Å². The third kappa shape index (κ3) is 3.49. The van der Waals surface area contributed by atoms with Crippen LogP contribution in [0.15, 0.2) is 29.4 Å². The lowest BCUT2D eigenvalue weighted by Gasteiger charge is -2.39. The first-order chi connectivity index (χ1) is 9.63. The maximum atomic E-state index is 8.74. The summed E-state index contributed by atoms with van der Waals surface area (Å²) in [5.74, 6) is 0.164. The standard InChI is InChI=1S/C15H24N4O/c1-3-14-11-19(8-7-18(14)2)10-12-5-4-6-13(9-12)15(16)17-20/h4-6,9,14,20H,3,7-8,10-11H2,1-2H3,(H2,16,17). The van der Waals surface area contributed by atoms with E-state index in [0.717, 1.165) is 31.7 Å². The van der Waals surface area contributed by atoms with E-state index >= 15 is 0 Å². The van der Waals surface area contributed by atoms with E-state index in [4.69, 9.17) is 10.9 Å². The summed E-state index contributed by atoms with van der Waals surface area (Å²) in [6.45, 7) is 6.45. The summed E-state index contributed by atoms with van der Waals surface area (Å²) in [5, 5.41) is 11.8. The van der Waals surface area contributed by atoms with Gasteiger partial charge >= 0.3 is 0 Å². The minimum absolute atomic E-state index is 0.164. The van der Waals surface area contributed by atoms with Crippen LogP contribution in [-0.2, 0) is 6.54 Å². The number of amidine groups is 1. The molecular formula is C15H24N4O. The van der Waals surface area contributed by atoms with E-state index in [1.807, 2.05) is 18.2 Å². The molecule has 1 aromatic carbocycles. The lowest BCUT2D eigenvalue weighted by Crippen LogP contribution is -2.50. The van der Waals surface area contributed by atoms with Gasteiger partial charge in [0.25, 0.3) is 0 Å². The molecule has 0 aliphatic carbocycles. The van der Waals surface area contributed by atoms with Crippen LogP contribution < -0.4 is 5.73 Å². The van der Waals surface area contributed by atoms with Gasteiger partial charge in [-0.25, -0.2) is 0 Å². The zero-order valence-electron chi connectivity index (χ0n) is 12.3. The van der Waals surface area contributed by atoms with E-state index in [-0.39, 0.29) is 5.84 Å². The van der Waals surface area contributed by atoms with Crippen molar-refractivity contribution in [2.24, 2.45) is 10.9 Å². The first-order valence-corrected chi connectivity index (χ1v) is 7.13. The first-order valence-electron chi connectivity index (χ1n) is 7.13. The molecular weight excluding hydrogens is 252 g/mol. The molecule has 1 aromatic rings. The monoisotopic (exact) mass is 276 g/mol. The summed E-state index contributed by atoms with van der Waals surface area (Å²) in [4.78, 5) is 4.91. The van der Waals surface area contributed by atoms with Gasteiger partial charge in [0.15, 0.2) is 5.84 Å². The molecule has 5 heteroatoms. The van der Waals surface area contributed by atoms with Gasteiger partial charge < -0.3 is 15.8 Å². The van der Waals surface area contributed by atoms with Crippen LogP contribution in [0, 0.1) is 0 Å². The van der Waals surface area contributed by atoms with Crippen LogP contribution in [0.4, 0.5) is 0 Å². The summed E-state index contributed by atoms with van der Waals surface area (Å²) in [6, 6.07) is 8.53. The number of nitrogens with two attached hydrogens (primary N) is 1. The van der Waals surface area contributed by atoms with E-state index in [9.17, 15) is 0 Å². The average Bonchev–Trinajstić information content (AvgIpc) is 2.48. The molecule has 0 amide bonds. The van der Waals surface area contributed by atoms with Gasteiger partial charge in [-0.15, -0.1) is 0 Å². The number of hydrogen-bond acceptors (Lipinski definition) is 4. The molecule has 0 radical (unpaired) electrons. The number of nitrogens with zero attached hydrogens (tertiary/aromatic N) is 3. The highest BCUT2D eigenvalue weighted by molar-refractivity contribution is 5.97. The summed E-state index contributed by atoms with van der Waals surface area (Å²) in [5.41, 5.74) is 7.61. The third-order valence-corrected chi connectivity index (χ3v) is 4.07. The predicted molar refractivity (Wildman–Crippen MR) is 80.9 cm³/mol. The van der Waals surface area contributed by atoms with Crippen molar-refractivity contribution < 1.29 is 5.21 Å². The molecule has 20 heavy (non-hydrogen) atoms. The number of piperazine rings is 1. The Bertz CT molecular complexity index is 475. The van der Waals surface area contributed by atoms with Crippen LogP contribution in [-0.4, -0.2) is 53.6 Å². The number of oxime groups is 1. The highest BCUT2D eigenvalue weighted by atomic mass is 16.4. The maximum Gasteiger partial charge on any atom is 0.170 e. The second-order valence-corrected chi connectivity index (χ2v) is 5.46. The molecule has 1 atom stereocenters. The Balaban J connectivity index is 2.03. The van der Waals surface area contributed by atoms with Crippen LogP contribution in [0.1, 0.15) is 24.5 Å². The van der Waals surface area contributed by atoms with E-state index in [0.29, 0.717) is 6.04 Å². The van der Waals surface area contributed by atoms with Crippen molar-refractivity contribution in [2.45, 2.75) is 25.9 Å². The van der Waals surface area contributed by atoms with Gasteiger partial charge in [0.2, 0.25) is 0 Å². The summed E-state index contributed by atoms with van der Waals surface area (Å²) in [6.07, 6.45) is 1.18. The number of rotatable bonds is 4. The molecule has 1 fully saturated rings. The molecule has 1 aliphatic rings. The van der Waals surface area contributed by atoms with Crippen molar-refractivity contribution in [1.29, 1.82) is 0 Å². The Morgan fingerprint density at radius 3 is 2.95 bits per heavy atom. The number of hydrogen-bond donors (Lipinski definition) is 2. The predicted octanol–water partition coefficient (Wildman–Crippen LogP) is 1.31. The maximum absolute atomic E-state index is 8.74. The van der Waals surface area contributed by atoms with Crippen molar-refractivity contribution >= 4 is 5.84 Å². The molecule has 0 bridgehead atoms. The van der Waals surface area contributed by atoms with Crippen molar-refractivity contribution in [1.82, 2.24) is 9.80 Å². The summed E-state index contributed by atoms with van der Waals surface area (Å²) < 4.78 is 0. The lowest BCUT2D eigenvalue weighted by molar-refractivity contribution is 0.0884. The van der Waals surface area contributed by atoms with Gasteiger partial charge in [-0.05, 0) is 25.1 Å². The first kappa shape index (κ1) is 14.8. The fourth-order valence-electron chi connectivity index (χ4n) is 2.74. The molecule has 1 unspecified atom stereocenters. The molecule has 5 nitrogen and oxygen atoms in total. The fourth-order valence-corrected chi connectivity index (χ4v) is 2.74. The average molecular weight is 276 g/mol. The van der Waals surface area contributed by atoms with Crippen LogP contribution >= 0.6 is 0 Å². The Morgan fingerprint density at radius 1 is 1.45 bits per heavy atom. The molecule has 2 rings (SSSR count). The smallest absolute Gasteiger partial charge is 0.170 e.